The number of quaternary nitrogens is 1. The number of carbonyl (C=O) groups excluding carboxylic acids is 2. The van der Waals surface area contributed by atoms with Gasteiger partial charge in [0.1, 0.15) is 17.9 Å². The summed E-state index contributed by atoms with van der Waals surface area (Å²) in [7, 11) is 1.36. The molecule has 0 aliphatic carbocycles. The van der Waals surface area contributed by atoms with E-state index in [9.17, 15) is 19.2 Å². The van der Waals surface area contributed by atoms with Gasteiger partial charge in [-0.05, 0) is 18.6 Å². The normalized spacial score (nSPS) is 14.7. The summed E-state index contributed by atoms with van der Waals surface area (Å²) in [5, 5.41) is 0. The van der Waals surface area contributed by atoms with Crippen LogP contribution in [0, 0.1) is 0 Å². The van der Waals surface area contributed by atoms with E-state index in [4.69, 9.17) is 5.73 Å². The molecule has 2 aromatic rings. The second kappa shape index (κ2) is 9.08. The zero-order chi connectivity index (χ0) is 21.8. The minimum atomic E-state index is -0.660. The predicted molar refractivity (Wildman–Crippen MR) is 113 cm³/mol. The summed E-state index contributed by atoms with van der Waals surface area (Å²) < 4.78 is 2.21. The average molecular weight is 414 g/mol. The van der Waals surface area contributed by atoms with Crippen LogP contribution in [0.25, 0.3) is 0 Å². The smallest absolute Gasteiger partial charge is 0.332 e. The van der Waals surface area contributed by atoms with E-state index >= 15 is 0 Å². The number of carbonyl (C=O) groups is 2. The number of hydrogen-bond donors (Lipinski definition) is 2. The van der Waals surface area contributed by atoms with Crippen molar-refractivity contribution >= 4 is 17.5 Å². The number of nitrogens with two attached hydrogens (primary N) is 1. The molecule has 0 unspecified atom stereocenters. The number of nitrogen functional groups attached to an aromatic ring is 1. The van der Waals surface area contributed by atoms with Crippen molar-refractivity contribution in [2.24, 2.45) is 7.05 Å². The molecule has 1 fully saturated rings. The topological polar surface area (TPSA) is 112 Å². The molecular formula is C21H28N5O4+. The van der Waals surface area contributed by atoms with Crippen molar-refractivity contribution in [2.75, 3.05) is 38.5 Å². The van der Waals surface area contributed by atoms with Crippen molar-refractivity contribution in [3.05, 3.63) is 62.3 Å². The number of Topliss-reactive ketones (excluding diaryl/α,β-unsaturated/α-hetero) is 1. The summed E-state index contributed by atoms with van der Waals surface area (Å²) in [5.74, 6) is -0.464. The van der Waals surface area contributed by atoms with Crippen LogP contribution in [0.1, 0.15) is 34.1 Å². The van der Waals surface area contributed by atoms with Crippen LogP contribution >= 0.6 is 0 Å². The standard InChI is InChI=1S/C21H27N5O4/c1-3-9-26-18(22)17(20(29)23(2)21(26)30)16(27)14-24-10-12-25(13-11-24)19(28)15-7-5-4-6-8-15/h4-8H,3,9-14,22H2,1-2H3/p+1. The molecule has 1 amide bonds. The number of amides is 1. The van der Waals surface area contributed by atoms with Crippen LogP contribution in [0.2, 0.25) is 0 Å². The van der Waals surface area contributed by atoms with Crippen molar-refractivity contribution in [1.82, 2.24) is 14.0 Å². The molecule has 0 spiro atoms. The Bertz CT molecular complexity index is 1050. The largest absolute Gasteiger partial charge is 0.384 e. The van der Waals surface area contributed by atoms with E-state index in [0.717, 1.165) is 9.47 Å². The SMILES string of the molecule is CCCn1c(N)c(C(=O)C[NH+]2CCN(C(=O)c3ccccc3)CC2)c(=O)n(C)c1=O. The number of nitrogens with one attached hydrogen (secondary N) is 1. The minimum absolute atomic E-state index is 0.0225. The van der Waals surface area contributed by atoms with Crippen LogP contribution in [-0.4, -0.2) is 58.4 Å². The summed E-state index contributed by atoms with van der Waals surface area (Å²) in [6, 6.07) is 9.10. The lowest BCUT2D eigenvalue weighted by atomic mass is 10.1. The second-order valence-corrected chi connectivity index (χ2v) is 7.57. The maximum atomic E-state index is 12.9. The third-order valence-corrected chi connectivity index (χ3v) is 5.50. The van der Waals surface area contributed by atoms with Crippen molar-refractivity contribution < 1.29 is 14.5 Å². The van der Waals surface area contributed by atoms with Gasteiger partial charge in [-0.25, -0.2) is 4.79 Å². The molecule has 9 heteroatoms. The third kappa shape index (κ3) is 4.20. The molecule has 30 heavy (non-hydrogen) atoms. The van der Waals surface area contributed by atoms with E-state index < -0.39 is 11.2 Å². The number of nitrogens with zero attached hydrogens (tertiary/aromatic N) is 3. The first-order valence-corrected chi connectivity index (χ1v) is 10.2. The van der Waals surface area contributed by atoms with E-state index in [1.807, 2.05) is 25.1 Å². The first-order valence-electron chi connectivity index (χ1n) is 10.2. The van der Waals surface area contributed by atoms with Gasteiger partial charge in [0.15, 0.2) is 0 Å². The highest BCUT2D eigenvalue weighted by Crippen LogP contribution is 2.07. The van der Waals surface area contributed by atoms with Crippen LogP contribution in [-0.2, 0) is 13.6 Å². The summed E-state index contributed by atoms with van der Waals surface area (Å²) in [5.41, 5.74) is 5.38. The average Bonchev–Trinajstić information content (AvgIpc) is 2.76. The molecule has 1 aromatic carbocycles. The van der Waals surface area contributed by atoms with Gasteiger partial charge in [0.05, 0.1) is 26.2 Å². The highest BCUT2D eigenvalue weighted by atomic mass is 16.2. The molecule has 160 valence electrons. The minimum Gasteiger partial charge on any atom is -0.384 e. The van der Waals surface area contributed by atoms with E-state index in [2.05, 4.69) is 0 Å². The molecule has 0 radical (unpaired) electrons. The highest BCUT2D eigenvalue weighted by molar-refractivity contribution is 6.00. The van der Waals surface area contributed by atoms with Crippen LogP contribution in [0.5, 0.6) is 0 Å². The summed E-state index contributed by atoms with van der Waals surface area (Å²) >= 11 is 0. The van der Waals surface area contributed by atoms with Crippen molar-refractivity contribution in [3.63, 3.8) is 0 Å². The molecule has 1 saturated heterocycles. The Balaban J connectivity index is 1.70. The van der Waals surface area contributed by atoms with Crippen LogP contribution in [0.4, 0.5) is 5.82 Å². The van der Waals surface area contributed by atoms with Crippen LogP contribution in [0.15, 0.2) is 39.9 Å². The zero-order valence-corrected chi connectivity index (χ0v) is 17.4. The molecule has 1 aromatic heterocycles. The predicted octanol–water partition coefficient (Wildman–Crippen LogP) is -1.24. The number of hydrogen-bond acceptors (Lipinski definition) is 5. The van der Waals surface area contributed by atoms with Gasteiger partial charge in [-0.2, -0.15) is 0 Å². The molecule has 0 saturated carbocycles. The van der Waals surface area contributed by atoms with Crippen LogP contribution in [0.3, 0.4) is 0 Å². The molecule has 9 nitrogen and oxygen atoms in total. The number of aromatic nitrogens is 2. The number of ketones is 1. The quantitative estimate of drug-likeness (QED) is 0.575. The first-order chi connectivity index (χ1) is 14.3. The number of piperazine rings is 1. The lowest BCUT2D eigenvalue weighted by Gasteiger charge is -2.32. The number of benzene rings is 1. The number of anilines is 1. The second-order valence-electron chi connectivity index (χ2n) is 7.57. The molecule has 3 rings (SSSR count). The Hall–Kier alpha value is -3.20. The van der Waals surface area contributed by atoms with Crippen LogP contribution < -0.4 is 21.9 Å². The summed E-state index contributed by atoms with van der Waals surface area (Å²) in [6.07, 6.45) is 0.651. The van der Waals surface area contributed by atoms with Crippen molar-refractivity contribution in [3.8, 4) is 0 Å². The monoisotopic (exact) mass is 414 g/mol. The van der Waals surface area contributed by atoms with Crippen molar-refractivity contribution in [2.45, 2.75) is 19.9 Å². The van der Waals surface area contributed by atoms with Gasteiger partial charge >= 0.3 is 5.69 Å². The van der Waals surface area contributed by atoms with Gasteiger partial charge in [-0.15, -0.1) is 0 Å². The van der Waals surface area contributed by atoms with Gasteiger partial charge in [0.25, 0.3) is 11.5 Å². The Morgan fingerprint density at radius 3 is 2.33 bits per heavy atom. The molecule has 0 bridgehead atoms. The van der Waals surface area contributed by atoms with E-state index in [0.29, 0.717) is 44.7 Å². The Morgan fingerprint density at radius 1 is 1.10 bits per heavy atom. The van der Waals surface area contributed by atoms with Crippen molar-refractivity contribution in [1.29, 1.82) is 0 Å². The lowest BCUT2D eigenvalue weighted by Crippen LogP contribution is -3.15. The van der Waals surface area contributed by atoms with Gasteiger partial charge < -0.3 is 15.5 Å². The Morgan fingerprint density at radius 2 is 1.73 bits per heavy atom. The summed E-state index contributed by atoms with van der Waals surface area (Å²) in [6.45, 7) is 4.57. The van der Waals surface area contributed by atoms with Gasteiger partial charge in [-0.1, -0.05) is 25.1 Å². The molecule has 2 heterocycles. The fourth-order valence-corrected chi connectivity index (χ4v) is 3.77. The fraction of sp³-hybridized carbons (Fsp3) is 0.429. The Kier molecular flexibility index (Phi) is 6.51. The third-order valence-electron chi connectivity index (χ3n) is 5.50. The molecule has 0 atom stereocenters. The van der Waals surface area contributed by atoms with Gasteiger partial charge in [0, 0.05) is 19.2 Å². The number of rotatable bonds is 6. The highest BCUT2D eigenvalue weighted by Gasteiger charge is 2.29. The molecule has 3 N–H and O–H groups in total. The molecule has 1 aliphatic heterocycles. The van der Waals surface area contributed by atoms with Gasteiger partial charge in [-0.3, -0.25) is 23.5 Å². The van der Waals surface area contributed by atoms with E-state index in [1.165, 1.54) is 11.6 Å². The maximum Gasteiger partial charge on any atom is 0.332 e. The zero-order valence-electron chi connectivity index (χ0n) is 17.4. The van der Waals surface area contributed by atoms with E-state index in [-0.39, 0.29) is 29.6 Å². The Labute approximate surface area is 174 Å². The fourth-order valence-electron chi connectivity index (χ4n) is 3.77. The van der Waals surface area contributed by atoms with E-state index in [1.54, 1.807) is 17.0 Å². The lowest BCUT2D eigenvalue weighted by molar-refractivity contribution is -0.895. The molecular weight excluding hydrogens is 386 g/mol. The maximum absolute atomic E-state index is 12.9. The first kappa shape index (κ1) is 21.5. The van der Waals surface area contributed by atoms with Gasteiger partial charge in [0.2, 0.25) is 5.78 Å². The summed E-state index contributed by atoms with van der Waals surface area (Å²) in [4.78, 5) is 53.0. The molecule has 1 aliphatic rings.